The van der Waals surface area contributed by atoms with Crippen LogP contribution in [0.1, 0.15) is 35.9 Å². The van der Waals surface area contributed by atoms with Crippen LogP contribution in [0.4, 0.5) is 10.9 Å². The predicted octanol–water partition coefficient (Wildman–Crippen LogP) is 1.45. The van der Waals surface area contributed by atoms with Gasteiger partial charge in [0.15, 0.2) is 5.13 Å². The summed E-state index contributed by atoms with van der Waals surface area (Å²) in [5.74, 6) is 0.562. The molecule has 110 valence electrons. The van der Waals surface area contributed by atoms with Crippen LogP contribution in [-0.4, -0.2) is 36.2 Å². The second kappa shape index (κ2) is 5.57. The summed E-state index contributed by atoms with van der Waals surface area (Å²) in [6.45, 7) is 3.45. The molecule has 7 heteroatoms. The van der Waals surface area contributed by atoms with Crippen LogP contribution in [-0.2, 0) is 4.74 Å². The first-order valence-corrected chi connectivity index (χ1v) is 7.88. The maximum atomic E-state index is 12.2. The van der Waals surface area contributed by atoms with Crippen LogP contribution < -0.4 is 16.4 Å². The van der Waals surface area contributed by atoms with Crippen molar-refractivity contribution in [1.29, 1.82) is 0 Å². The maximum Gasteiger partial charge on any atom is 0.265 e. The first-order chi connectivity index (χ1) is 9.63. The Morgan fingerprint density at radius 1 is 1.50 bits per heavy atom. The molecule has 1 aromatic rings. The normalized spacial score (nSPS) is 25.6. The van der Waals surface area contributed by atoms with Gasteiger partial charge in [0, 0.05) is 25.1 Å². The highest BCUT2D eigenvalue weighted by Gasteiger charge is 2.26. The fourth-order valence-electron chi connectivity index (χ4n) is 2.31. The first-order valence-electron chi connectivity index (χ1n) is 7.06. The highest BCUT2D eigenvalue weighted by atomic mass is 32.1. The molecule has 2 atom stereocenters. The highest BCUT2D eigenvalue weighted by Crippen LogP contribution is 2.30. The van der Waals surface area contributed by atoms with Crippen molar-refractivity contribution in [2.24, 2.45) is 5.92 Å². The fourth-order valence-corrected chi connectivity index (χ4v) is 3.18. The van der Waals surface area contributed by atoms with Gasteiger partial charge in [0.05, 0.1) is 6.10 Å². The Morgan fingerprint density at radius 3 is 2.95 bits per heavy atom. The number of nitrogens with two attached hydrogens (primary N) is 1. The molecule has 20 heavy (non-hydrogen) atoms. The van der Waals surface area contributed by atoms with E-state index >= 15 is 0 Å². The summed E-state index contributed by atoms with van der Waals surface area (Å²) >= 11 is 1.33. The van der Waals surface area contributed by atoms with E-state index in [0.717, 1.165) is 18.2 Å². The molecular weight excluding hydrogens is 276 g/mol. The van der Waals surface area contributed by atoms with Gasteiger partial charge in [-0.15, -0.1) is 0 Å². The van der Waals surface area contributed by atoms with E-state index in [2.05, 4.69) is 15.6 Å². The SMILES string of the molecule is CC1OCCC1CNC(=O)c1sc(NC2CC2)nc1N. The van der Waals surface area contributed by atoms with Gasteiger partial charge in [0.25, 0.3) is 5.91 Å². The molecular formula is C13H20N4O2S. The lowest BCUT2D eigenvalue weighted by Gasteiger charge is -2.14. The molecule has 1 saturated carbocycles. The summed E-state index contributed by atoms with van der Waals surface area (Å²) < 4.78 is 5.49. The highest BCUT2D eigenvalue weighted by molar-refractivity contribution is 7.18. The lowest BCUT2D eigenvalue weighted by atomic mass is 10.0. The van der Waals surface area contributed by atoms with Gasteiger partial charge in [0.2, 0.25) is 0 Å². The second-order valence-corrected chi connectivity index (χ2v) is 6.49. The van der Waals surface area contributed by atoms with Crippen LogP contribution in [0.5, 0.6) is 0 Å². The van der Waals surface area contributed by atoms with Gasteiger partial charge >= 0.3 is 0 Å². The molecule has 1 amide bonds. The van der Waals surface area contributed by atoms with E-state index in [-0.39, 0.29) is 12.0 Å². The van der Waals surface area contributed by atoms with Crippen molar-refractivity contribution >= 4 is 28.2 Å². The average Bonchev–Trinajstić information content (AvgIpc) is 3.01. The number of hydrogen-bond donors (Lipinski definition) is 3. The minimum absolute atomic E-state index is 0.136. The third-order valence-electron chi connectivity index (χ3n) is 3.82. The number of amides is 1. The average molecular weight is 296 g/mol. The Hall–Kier alpha value is -1.34. The Balaban J connectivity index is 1.57. The number of carbonyl (C=O) groups excluding carboxylic acids is 1. The monoisotopic (exact) mass is 296 g/mol. The van der Waals surface area contributed by atoms with Crippen molar-refractivity contribution in [3.05, 3.63) is 4.88 Å². The third-order valence-corrected chi connectivity index (χ3v) is 4.82. The molecule has 2 fully saturated rings. The topological polar surface area (TPSA) is 89.3 Å². The number of rotatable bonds is 5. The van der Waals surface area contributed by atoms with Gasteiger partial charge in [-0.05, 0) is 26.2 Å². The molecule has 1 aliphatic heterocycles. The summed E-state index contributed by atoms with van der Waals surface area (Å²) in [5.41, 5.74) is 5.82. The standard InChI is InChI=1S/C13H20N4O2S/c1-7-8(4-5-19-7)6-15-12(18)10-11(14)17-13(20-10)16-9-2-3-9/h7-9H,2-6,14H2,1H3,(H,15,18)(H,16,17). The van der Waals surface area contributed by atoms with E-state index in [1.165, 1.54) is 24.2 Å². The number of thiazole rings is 1. The number of anilines is 2. The lowest BCUT2D eigenvalue weighted by Crippen LogP contribution is -2.31. The van der Waals surface area contributed by atoms with Crippen molar-refractivity contribution in [3.63, 3.8) is 0 Å². The number of ether oxygens (including phenoxy) is 1. The van der Waals surface area contributed by atoms with Gasteiger partial charge in [-0.3, -0.25) is 4.79 Å². The second-order valence-electron chi connectivity index (χ2n) is 5.49. The Labute approximate surface area is 122 Å². The molecule has 2 unspecified atom stereocenters. The smallest absolute Gasteiger partial charge is 0.265 e. The van der Waals surface area contributed by atoms with Crippen LogP contribution >= 0.6 is 11.3 Å². The zero-order valence-electron chi connectivity index (χ0n) is 11.5. The molecule has 2 aliphatic rings. The van der Waals surface area contributed by atoms with Crippen molar-refractivity contribution in [2.45, 2.75) is 38.3 Å². The Kier molecular flexibility index (Phi) is 3.80. The number of carbonyl (C=O) groups is 1. The first kappa shape index (κ1) is 13.6. The van der Waals surface area contributed by atoms with E-state index in [0.29, 0.717) is 29.2 Å². The minimum Gasteiger partial charge on any atom is -0.382 e. The van der Waals surface area contributed by atoms with E-state index in [9.17, 15) is 4.79 Å². The molecule has 2 heterocycles. The largest absolute Gasteiger partial charge is 0.382 e. The van der Waals surface area contributed by atoms with E-state index < -0.39 is 0 Å². The summed E-state index contributed by atoms with van der Waals surface area (Å²) in [5, 5.41) is 6.94. The maximum absolute atomic E-state index is 12.2. The lowest BCUT2D eigenvalue weighted by molar-refractivity contribution is 0.0911. The fraction of sp³-hybridized carbons (Fsp3) is 0.692. The summed E-state index contributed by atoms with van der Waals surface area (Å²) in [7, 11) is 0. The number of nitrogens with one attached hydrogen (secondary N) is 2. The van der Waals surface area contributed by atoms with Gasteiger partial charge in [0.1, 0.15) is 10.7 Å². The van der Waals surface area contributed by atoms with Crippen LogP contribution in [0.15, 0.2) is 0 Å². The Bertz CT molecular complexity index is 501. The number of aromatic nitrogens is 1. The van der Waals surface area contributed by atoms with Crippen molar-refractivity contribution in [1.82, 2.24) is 10.3 Å². The van der Waals surface area contributed by atoms with Crippen LogP contribution in [0.25, 0.3) is 0 Å². The molecule has 1 aliphatic carbocycles. The van der Waals surface area contributed by atoms with E-state index in [1.54, 1.807) is 0 Å². The zero-order chi connectivity index (χ0) is 14.1. The van der Waals surface area contributed by atoms with E-state index in [1.807, 2.05) is 6.92 Å². The van der Waals surface area contributed by atoms with Gasteiger partial charge in [-0.2, -0.15) is 0 Å². The molecule has 1 saturated heterocycles. The molecule has 4 N–H and O–H groups in total. The summed E-state index contributed by atoms with van der Waals surface area (Å²) in [4.78, 5) is 16.9. The molecule has 0 aromatic carbocycles. The Morgan fingerprint density at radius 2 is 2.30 bits per heavy atom. The molecule has 3 rings (SSSR count). The number of hydrogen-bond acceptors (Lipinski definition) is 6. The van der Waals surface area contributed by atoms with Crippen LogP contribution in [0, 0.1) is 5.92 Å². The molecule has 1 aromatic heterocycles. The van der Waals surface area contributed by atoms with Crippen molar-refractivity contribution in [3.8, 4) is 0 Å². The summed E-state index contributed by atoms with van der Waals surface area (Å²) in [6.07, 6.45) is 3.54. The number of nitrogens with zero attached hydrogens (tertiary/aromatic N) is 1. The third kappa shape index (κ3) is 3.04. The molecule has 0 spiro atoms. The van der Waals surface area contributed by atoms with Gasteiger partial charge in [-0.1, -0.05) is 11.3 Å². The van der Waals surface area contributed by atoms with Crippen LogP contribution in [0.2, 0.25) is 0 Å². The van der Waals surface area contributed by atoms with Gasteiger partial charge in [-0.25, -0.2) is 4.98 Å². The zero-order valence-corrected chi connectivity index (χ0v) is 12.3. The number of nitrogen functional groups attached to an aromatic ring is 1. The molecule has 0 bridgehead atoms. The van der Waals surface area contributed by atoms with Crippen molar-refractivity contribution < 1.29 is 9.53 Å². The van der Waals surface area contributed by atoms with Gasteiger partial charge < -0.3 is 21.1 Å². The molecule has 6 nitrogen and oxygen atoms in total. The minimum atomic E-state index is -0.136. The summed E-state index contributed by atoms with van der Waals surface area (Å²) in [6, 6.07) is 0.507. The quantitative estimate of drug-likeness (QED) is 0.765. The molecule has 0 radical (unpaired) electrons. The van der Waals surface area contributed by atoms with E-state index in [4.69, 9.17) is 10.5 Å². The van der Waals surface area contributed by atoms with Crippen molar-refractivity contribution in [2.75, 3.05) is 24.2 Å². The predicted molar refractivity (Wildman–Crippen MR) is 79.0 cm³/mol. The van der Waals surface area contributed by atoms with Crippen LogP contribution in [0.3, 0.4) is 0 Å².